The number of hydrogen-bond donors (Lipinski definition) is 1. The summed E-state index contributed by atoms with van der Waals surface area (Å²) in [6.07, 6.45) is 0. The molecule has 2 aliphatic rings. The maximum absolute atomic E-state index is 12.1. The highest BCUT2D eigenvalue weighted by atomic mass is 35.5. The summed E-state index contributed by atoms with van der Waals surface area (Å²) in [5, 5.41) is 3.20. The standard InChI is InChI=1S/C12H22N4O2.ClH/c1-10(17)15-3-5-16(6-4-15)12(18)9-14(2)11-7-13-8-11;/h11,13H,3-9H2,1-2H3;1H. The molecule has 2 rings (SSSR count). The summed E-state index contributed by atoms with van der Waals surface area (Å²) < 4.78 is 0. The van der Waals surface area contributed by atoms with Crippen LogP contribution in [0, 0.1) is 0 Å². The number of halogens is 1. The van der Waals surface area contributed by atoms with E-state index in [0.29, 0.717) is 38.8 Å². The molecule has 7 heteroatoms. The predicted octanol–water partition coefficient (Wildman–Crippen LogP) is -0.997. The van der Waals surface area contributed by atoms with Crippen molar-refractivity contribution in [2.45, 2.75) is 13.0 Å². The Balaban J connectivity index is 0.00000180. The van der Waals surface area contributed by atoms with E-state index >= 15 is 0 Å². The minimum absolute atomic E-state index is 0. The van der Waals surface area contributed by atoms with Crippen LogP contribution in [0.1, 0.15) is 6.92 Å². The summed E-state index contributed by atoms with van der Waals surface area (Å²) in [5.41, 5.74) is 0. The topological polar surface area (TPSA) is 55.9 Å². The fourth-order valence-electron chi connectivity index (χ4n) is 2.30. The third kappa shape index (κ3) is 4.06. The molecule has 0 saturated carbocycles. The number of hydrogen-bond acceptors (Lipinski definition) is 4. The Morgan fingerprint density at radius 3 is 2.11 bits per heavy atom. The van der Waals surface area contributed by atoms with E-state index in [9.17, 15) is 9.59 Å². The molecule has 19 heavy (non-hydrogen) atoms. The highest BCUT2D eigenvalue weighted by Crippen LogP contribution is 2.06. The van der Waals surface area contributed by atoms with Crippen molar-refractivity contribution < 1.29 is 9.59 Å². The molecule has 2 fully saturated rings. The molecular formula is C12H23ClN4O2. The van der Waals surface area contributed by atoms with Gasteiger partial charge >= 0.3 is 0 Å². The summed E-state index contributed by atoms with van der Waals surface area (Å²) in [6, 6.07) is 0.493. The minimum Gasteiger partial charge on any atom is -0.339 e. The quantitative estimate of drug-likeness (QED) is 0.725. The van der Waals surface area contributed by atoms with Gasteiger partial charge in [0.25, 0.3) is 0 Å². The zero-order valence-electron chi connectivity index (χ0n) is 11.6. The highest BCUT2D eigenvalue weighted by Gasteiger charge is 2.27. The first-order valence-corrected chi connectivity index (χ1v) is 6.52. The summed E-state index contributed by atoms with van der Waals surface area (Å²) in [5.74, 6) is 0.271. The Hall–Kier alpha value is -0.850. The molecule has 0 aliphatic carbocycles. The predicted molar refractivity (Wildman–Crippen MR) is 75.4 cm³/mol. The molecule has 0 spiro atoms. The molecule has 2 aliphatic heterocycles. The van der Waals surface area contributed by atoms with Crippen LogP contribution in [0.15, 0.2) is 0 Å². The Morgan fingerprint density at radius 1 is 1.16 bits per heavy atom. The zero-order chi connectivity index (χ0) is 13.1. The van der Waals surface area contributed by atoms with Crippen molar-refractivity contribution in [2.24, 2.45) is 0 Å². The Bertz CT molecular complexity index is 328. The van der Waals surface area contributed by atoms with Crippen molar-refractivity contribution >= 4 is 24.2 Å². The number of piperazine rings is 1. The Morgan fingerprint density at radius 2 is 1.68 bits per heavy atom. The maximum Gasteiger partial charge on any atom is 0.236 e. The van der Waals surface area contributed by atoms with Crippen molar-refractivity contribution in [1.29, 1.82) is 0 Å². The first-order valence-electron chi connectivity index (χ1n) is 6.52. The van der Waals surface area contributed by atoms with Gasteiger partial charge in [0.2, 0.25) is 11.8 Å². The molecular weight excluding hydrogens is 268 g/mol. The van der Waals surface area contributed by atoms with Crippen molar-refractivity contribution in [3.05, 3.63) is 0 Å². The summed E-state index contributed by atoms with van der Waals surface area (Å²) in [7, 11) is 2.00. The number of likely N-dealkylation sites (N-methyl/N-ethyl adjacent to an activating group) is 1. The van der Waals surface area contributed by atoms with Crippen LogP contribution in [0.2, 0.25) is 0 Å². The molecule has 2 heterocycles. The van der Waals surface area contributed by atoms with E-state index in [1.165, 1.54) is 0 Å². The molecule has 2 saturated heterocycles. The van der Waals surface area contributed by atoms with E-state index in [1.54, 1.807) is 11.8 Å². The molecule has 0 aromatic heterocycles. The summed E-state index contributed by atoms with van der Waals surface area (Å²) in [6.45, 7) is 6.65. The van der Waals surface area contributed by atoms with Crippen LogP contribution in [0.4, 0.5) is 0 Å². The first-order chi connectivity index (χ1) is 8.58. The fourth-order valence-corrected chi connectivity index (χ4v) is 2.30. The lowest BCUT2D eigenvalue weighted by Gasteiger charge is -2.38. The van der Waals surface area contributed by atoms with Crippen LogP contribution >= 0.6 is 12.4 Å². The van der Waals surface area contributed by atoms with Gasteiger partial charge < -0.3 is 15.1 Å². The molecule has 0 atom stereocenters. The van der Waals surface area contributed by atoms with E-state index < -0.39 is 0 Å². The van der Waals surface area contributed by atoms with Gasteiger partial charge in [0.05, 0.1) is 6.54 Å². The largest absolute Gasteiger partial charge is 0.339 e. The third-order valence-electron chi connectivity index (χ3n) is 3.85. The molecule has 0 aromatic rings. The van der Waals surface area contributed by atoms with Crippen LogP contribution in [-0.2, 0) is 9.59 Å². The number of amides is 2. The summed E-state index contributed by atoms with van der Waals surface area (Å²) in [4.78, 5) is 29.1. The molecule has 1 N–H and O–H groups in total. The molecule has 2 amide bonds. The monoisotopic (exact) mass is 290 g/mol. The smallest absolute Gasteiger partial charge is 0.236 e. The molecule has 0 unspecified atom stereocenters. The molecule has 6 nitrogen and oxygen atoms in total. The van der Waals surface area contributed by atoms with Crippen molar-refractivity contribution in [3.8, 4) is 0 Å². The van der Waals surface area contributed by atoms with Gasteiger partial charge in [-0.1, -0.05) is 0 Å². The van der Waals surface area contributed by atoms with E-state index in [0.717, 1.165) is 13.1 Å². The van der Waals surface area contributed by atoms with E-state index in [1.807, 2.05) is 11.9 Å². The molecule has 110 valence electrons. The van der Waals surface area contributed by atoms with Crippen LogP contribution in [0.5, 0.6) is 0 Å². The fraction of sp³-hybridized carbons (Fsp3) is 0.833. The number of nitrogens with one attached hydrogen (secondary N) is 1. The minimum atomic E-state index is 0. The zero-order valence-corrected chi connectivity index (χ0v) is 12.4. The van der Waals surface area contributed by atoms with Crippen LogP contribution in [-0.4, -0.2) is 85.4 Å². The van der Waals surface area contributed by atoms with Crippen molar-refractivity contribution in [3.63, 3.8) is 0 Å². The van der Waals surface area contributed by atoms with Gasteiger partial charge in [-0.15, -0.1) is 12.4 Å². The second-order valence-corrected chi connectivity index (χ2v) is 5.11. The SMILES string of the molecule is CC(=O)N1CCN(C(=O)CN(C)C2CNC2)CC1.Cl. The van der Waals surface area contributed by atoms with Gasteiger partial charge in [-0.25, -0.2) is 0 Å². The lowest BCUT2D eigenvalue weighted by molar-refractivity contribution is -0.139. The van der Waals surface area contributed by atoms with Gasteiger partial charge in [0, 0.05) is 52.2 Å². The van der Waals surface area contributed by atoms with Crippen molar-refractivity contribution in [1.82, 2.24) is 20.0 Å². The van der Waals surface area contributed by atoms with Gasteiger partial charge in [-0.05, 0) is 7.05 Å². The number of nitrogens with zero attached hydrogens (tertiary/aromatic N) is 3. The lowest BCUT2D eigenvalue weighted by Crippen LogP contribution is -2.58. The Labute approximate surface area is 120 Å². The average molecular weight is 291 g/mol. The van der Waals surface area contributed by atoms with E-state index in [-0.39, 0.29) is 24.2 Å². The third-order valence-corrected chi connectivity index (χ3v) is 3.85. The van der Waals surface area contributed by atoms with Gasteiger partial charge in [-0.3, -0.25) is 14.5 Å². The van der Waals surface area contributed by atoms with Gasteiger partial charge in [-0.2, -0.15) is 0 Å². The number of carbonyl (C=O) groups excluding carboxylic acids is 2. The highest BCUT2D eigenvalue weighted by molar-refractivity contribution is 5.85. The number of carbonyl (C=O) groups is 2. The Kier molecular flexibility index (Phi) is 6.03. The normalized spacial score (nSPS) is 19.9. The molecule has 0 radical (unpaired) electrons. The van der Waals surface area contributed by atoms with Crippen LogP contribution in [0.25, 0.3) is 0 Å². The molecule has 0 bridgehead atoms. The summed E-state index contributed by atoms with van der Waals surface area (Å²) >= 11 is 0. The van der Waals surface area contributed by atoms with E-state index in [4.69, 9.17) is 0 Å². The average Bonchev–Trinajstić information content (AvgIpc) is 2.26. The van der Waals surface area contributed by atoms with Gasteiger partial charge in [0.15, 0.2) is 0 Å². The van der Waals surface area contributed by atoms with Crippen LogP contribution < -0.4 is 5.32 Å². The van der Waals surface area contributed by atoms with E-state index in [2.05, 4.69) is 10.2 Å². The second kappa shape index (κ2) is 7.07. The first kappa shape index (κ1) is 16.2. The number of rotatable bonds is 3. The van der Waals surface area contributed by atoms with Gasteiger partial charge in [0.1, 0.15) is 0 Å². The van der Waals surface area contributed by atoms with Crippen molar-refractivity contribution in [2.75, 3.05) is 52.9 Å². The molecule has 0 aromatic carbocycles. The lowest BCUT2D eigenvalue weighted by atomic mass is 10.1. The second-order valence-electron chi connectivity index (χ2n) is 5.11. The van der Waals surface area contributed by atoms with Crippen LogP contribution in [0.3, 0.4) is 0 Å². The maximum atomic E-state index is 12.1.